The highest BCUT2D eigenvalue weighted by molar-refractivity contribution is 7.93. The lowest BCUT2D eigenvalue weighted by molar-refractivity contribution is -0.143. The summed E-state index contributed by atoms with van der Waals surface area (Å²) in [5, 5.41) is -1.19. The Kier molecular flexibility index (Phi) is 5.31. The van der Waals surface area contributed by atoms with Crippen molar-refractivity contribution in [2.45, 2.75) is 30.8 Å². The normalized spacial score (nSPS) is 22.1. The summed E-state index contributed by atoms with van der Waals surface area (Å²) < 4.78 is 57.8. The number of anilines is 1. The Labute approximate surface area is 151 Å². The van der Waals surface area contributed by atoms with Crippen molar-refractivity contribution in [3.63, 3.8) is 0 Å². The molecule has 1 N–H and O–H groups in total. The molecule has 7 nitrogen and oxygen atoms in total. The zero-order chi connectivity index (χ0) is 18.8. The van der Waals surface area contributed by atoms with Gasteiger partial charge in [-0.05, 0) is 31.6 Å². The zero-order valence-corrected chi connectivity index (χ0v) is 15.1. The first-order chi connectivity index (χ1) is 12.4. The largest absolute Gasteiger partial charge is 0.463 e. The minimum absolute atomic E-state index is 0.0659. The third-order valence-electron chi connectivity index (χ3n) is 4.27. The van der Waals surface area contributed by atoms with Gasteiger partial charge in [0, 0.05) is 6.42 Å². The lowest BCUT2D eigenvalue weighted by Crippen LogP contribution is -2.42. The highest BCUT2D eigenvalue weighted by Crippen LogP contribution is 2.37. The molecule has 0 saturated carbocycles. The molecule has 1 aliphatic heterocycles. The van der Waals surface area contributed by atoms with Crippen LogP contribution in [0.2, 0.25) is 0 Å². The molecule has 1 spiro atoms. The molecule has 0 bridgehead atoms. The van der Waals surface area contributed by atoms with E-state index in [1.807, 2.05) is 0 Å². The molecule has 26 heavy (non-hydrogen) atoms. The fourth-order valence-electron chi connectivity index (χ4n) is 3.08. The summed E-state index contributed by atoms with van der Waals surface area (Å²) in [5.41, 5.74) is -0.242. The number of ether oxygens (including phenoxy) is 3. The van der Waals surface area contributed by atoms with E-state index in [0.29, 0.717) is 13.2 Å². The number of hydrogen-bond acceptors (Lipinski definition) is 6. The third kappa shape index (κ3) is 3.74. The van der Waals surface area contributed by atoms with Crippen molar-refractivity contribution < 1.29 is 31.8 Å². The van der Waals surface area contributed by atoms with Crippen LogP contribution in [0.5, 0.6) is 0 Å². The Balaban J connectivity index is 1.93. The average molecular weight is 385 g/mol. The summed E-state index contributed by atoms with van der Waals surface area (Å²) >= 11 is 0. The summed E-state index contributed by atoms with van der Waals surface area (Å²) in [6, 6.07) is 5.43. The monoisotopic (exact) mass is 385 g/mol. The zero-order valence-electron chi connectivity index (χ0n) is 14.2. The molecule has 9 heteroatoms. The van der Waals surface area contributed by atoms with Crippen molar-refractivity contribution in [2.24, 2.45) is 0 Å². The minimum atomic E-state index is -4.09. The molecule has 3 rings (SSSR count). The van der Waals surface area contributed by atoms with E-state index in [1.165, 1.54) is 24.3 Å². The molecule has 1 aliphatic carbocycles. The topological polar surface area (TPSA) is 90.9 Å². The number of esters is 1. The Morgan fingerprint density at radius 3 is 2.69 bits per heavy atom. The highest BCUT2D eigenvalue weighted by Gasteiger charge is 2.46. The fraction of sp³-hybridized carbons (Fsp3) is 0.471. The lowest BCUT2D eigenvalue weighted by atomic mass is 9.94. The van der Waals surface area contributed by atoms with Gasteiger partial charge in [0.15, 0.2) is 5.79 Å². The van der Waals surface area contributed by atoms with E-state index in [9.17, 15) is 17.6 Å². The maximum Gasteiger partial charge on any atom is 0.335 e. The Morgan fingerprint density at radius 2 is 2.04 bits per heavy atom. The first-order valence-corrected chi connectivity index (χ1v) is 9.85. The van der Waals surface area contributed by atoms with Crippen LogP contribution in [-0.2, 0) is 29.0 Å². The SMILES string of the molecule is CCOC(=O)C1=CC2(CCC1S(=O)(=O)Nc1ccccc1F)OCCO2. The quantitative estimate of drug-likeness (QED) is 0.780. The smallest absolute Gasteiger partial charge is 0.335 e. The lowest BCUT2D eigenvalue weighted by Gasteiger charge is -2.33. The third-order valence-corrected chi connectivity index (χ3v) is 6.01. The van der Waals surface area contributed by atoms with Gasteiger partial charge in [-0.3, -0.25) is 4.72 Å². The predicted octanol–water partition coefficient (Wildman–Crippen LogP) is 1.96. The molecular weight excluding hydrogens is 365 g/mol. The van der Waals surface area contributed by atoms with Gasteiger partial charge in [0.1, 0.15) is 11.1 Å². The van der Waals surface area contributed by atoms with Gasteiger partial charge in [-0.15, -0.1) is 0 Å². The number of rotatable bonds is 5. The van der Waals surface area contributed by atoms with Crippen LogP contribution in [0.25, 0.3) is 0 Å². The van der Waals surface area contributed by atoms with Crippen LogP contribution in [0, 0.1) is 5.82 Å². The molecule has 1 unspecified atom stereocenters. The highest BCUT2D eigenvalue weighted by atomic mass is 32.2. The molecule has 1 heterocycles. The predicted molar refractivity (Wildman–Crippen MR) is 91.3 cm³/mol. The standard InChI is InChI=1S/C17H20FNO6S/c1-2-23-16(20)12-11-17(24-9-10-25-17)8-7-15(12)26(21,22)19-14-6-4-3-5-13(14)18/h3-6,11,15,19H,2,7-10H2,1H3. The van der Waals surface area contributed by atoms with Gasteiger partial charge in [-0.25, -0.2) is 17.6 Å². The van der Waals surface area contributed by atoms with E-state index in [4.69, 9.17) is 14.2 Å². The van der Waals surface area contributed by atoms with E-state index < -0.39 is 32.8 Å². The van der Waals surface area contributed by atoms with Crippen molar-refractivity contribution in [3.8, 4) is 0 Å². The average Bonchev–Trinajstić information content (AvgIpc) is 3.04. The maximum absolute atomic E-state index is 13.8. The summed E-state index contributed by atoms with van der Waals surface area (Å²) in [6.07, 6.45) is 1.72. The second-order valence-electron chi connectivity index (χ2n) is 5.98. The molecule has 1 aromatic rings. The van der Waals surface area contributed by atoms with Gasteiger partial charge in [0.05, 0.1) is 31.1 Å². The van der Waals surface area contributed by atoms with Crippen LogP contribution < -0.4 is 4.72 Å². The minimum Gasteiger partial charge on any atom is -0.463 e. The molecule has 1 fully saturated rings. The summed E-state index contributed by atoms with van der Waals surface area (Å²) in [5.74, 6) is -2.56. The Bertz CT molecular complexity index is 816. The summed E-state index contributed by atoms with van der Waals surface area (Å²) in [6.45, 7) is 2.44. The van der Waals surface area contributed by atoms with E-state index in [1.54, 1.807) is 6.92 Å². The van der Waals surface area contributed by atoms with Gasteiger partial charge in [-0.1, -0.05) is 12.1 Å². The Hall–Kier alpha value is -1.97. The van der Waals surface area contributed by atoms with Crippen molar-refractivity contribution in [1.82, 2.24) is 0 Å². The van der Waals surface area contributed by atoms with Crippen LogP contribution in [0.1, 0.15) is 19.8 Å². The molecule has 142 valence electrons. The van der Waals surface area contributed by atoms with Crippen molar-refractivity contribution in [3.05, 3.63) is 41.7 Å². The molecule has 1 atom stereocenters. The van der Waals surface area contributed by atoms with E-state index in [2.05, 4.69) is 4.72 Å². The molecular formula is C17H20FNO6S. The van der Waals surface area contributed by atoms with Gasteiger partial charge < -0.3 is 14.2 Å². The summed E-state index contributed by atoms with van der Waals surface area (Å²) in [4.78, 5) is 12.3. The number of benzene rings is 1. The molecule has 2 aliphatic rings. The van der Waals surface area contributed by atoms with Crippen LogP contribution in [0.4, 0.5) is 10.1 Å². The number of carbonyl (C=O) groups excluding carboxylic acids is 1. The van der Waals surface area contributed by atoms with Crippen LogP contribution >= 0.6 is 0 Å². The molecule has 1 saturated heterocycles. The van der Waals surface area contributed by atoms with Crippen molar-refractivity contribution in [2.75, 3.05) is 24.5 Å². The second-order valence-corrected chi connectivity index (χ2v) is 7.85. The molecule has 0 amide bonds. The number of nitrogens with one attached hydrogen (secondary N) is 1. The Morgan fingerprint density at radius 1 is 1.35 bits per heavy atom. The molecule has 0 radical (unpaired) electrons. The number of sulfonamides is 1. The maximum atomic E-state index is 13.8. The van der Waals surface area contributed by atoms with Gasteiger partial charge in [0.2, 0.25) is 10.0 Å². The molecule has 0 aromatic heterocycles. The number of halogens is 1. The van der Waals surface area contributed by atoms with Crippen LogP contribution in [0.3, 0.4) is 0 Å². The van der Waals surface area contributed by atoms with E-state index in [0.717, 1.165) is 6.07 Å². The van der Waals surface area contributed by atoms with Crippen molar-refractivity contribution in [1.29, 1.82) is 0 Å². The van der Waals surface area contributed by atoms with Crippen LogP contribution in [0.15, 0.2) is 35.9 Å². The molecule has 1 aromatic carbocycles. The fourth-order valence-corrected chi connectivity index (χ4v) is 4.62. The number of para-hydroxylation sites is 1. The number of carbonyl (C=O) groups is 1. The van der Waals surface area contributed by atoms with Gasteiger partial charge >= 0.3 is 5.97 Å². The van der Waals surface area contributed by atoms with E-state index >= 15 is 0 Å². The first-order valence-electron chi connectivity index (χ1n) is 8.31. The summed E-state index contributed by atoms with van der Waals surface area (Å²) in [7, 11) is -4.09. The van der Waals surface area contributed by atoms with Gasteiger partial charge in [-0.2, -0.15) is 0 Å². The first kappa shape index (κ1) is 18.8. The van der Waals surface area contributed by atoms with E-state index in [-0.39, 0.29) is 30.7 Å². The van der Waals surface area contributed by atoms with Crippen LogP contribution in [-0.4, -0.2) is 45.2 Å². The van der Waals surface area contributed by atoms with Gasteiger partial charge in [0.25, 0.3) is 0 Å². The van der Waals surface area contributed by atoms with Crippen molar-refractivity contribution >= 4 is 21.7 Å². The second kappa shape index (κ2) is 7.34. The number of hydrogen-bond donors (Lipinski definition) is 1.